The molecule has 0 radical (unpaired) electrons. The highest BCUT2D eigenvalue weighted by molar-refractivity contribution is 6.42. The monoisotopic (exact) mass is 371 g/mol. The molecular formula is C16H12Cl3NO3. The summed E-state index contributed by atoms with van der Waals surface area (Å²) in [6.45, 7) is -0.185. The minimum atomic E-state index is -0.557. The molecule has 0 saturated heterocycles. The number of rotatable bonds is 5. The summed E-state index contributed by atoms with van der Waals surface area (Å²) in [4.78, 5) is 23.5. The van der Waals surface area contributed by atoms with Crippen molar-refractivity contribution in [1.82, 2.24) is 5.32 Å². The zero-order chi connectivity index (χ0) is 16.8. The van der Waals surface area contributed by atoms with Crippen LogP contribution in [-0.4, -0.2) is 18.4 Å². The molecule has 7 heteroatoms. The molecule has 2 rings (SSSR count). The Labute approximate surface area is 148 Å². The van der Waals surface area contributed by atoms with Crippen molar-refractivity contribution in [2.75, 3.05) is 6.54 Å². The van der Waals surface area contributed by atoms with E-state index < -0.39 is 5.97 Å². The van der Waals surface area contributed by atoms with Gasteiger partial charge in [-0.3, -0.25) is 9.59 Å². The molecule has 0 spiro atoms. The Morgan fingerprint density at radius 2 is 1.65 bits per heavy atom. The maximum Gasteiger partial charge on any atom is 0.325 e. The zero-order valence-corrected chi connectivity index (χ0v) is 14.1. The van der Waals surface area contributed by atoms with Gasteiger partial charge in [-0.2, -0.15) is 0 Å². The van der Waals surface area contributed by atoms with Crippen LogP contribution in [0.5, 0.6) is 0 Å². The molecule has 0 unspecified atom stereocenters. The minimum Gasteiger partial charge on any atom is -0.460 e. The molecule has 0 aromatic heterocycles. The maximum atomic E-state index is 11.8. The highest BCUT2D eigenvalue weighted by Crippen LogP contribution is 2.22. The molecule has 0 fully saturated rings. The van der Waals surface area contributed by atoms with Crippen LogP contribution in [0.4, 0.5) is 0 Å². The number of carbonyl (C=O) groups excluding carboxylic acids is 2. The van der Waals surface area contributed by atoms with Crippen LogP contribution in [0, 0.1) is 0 Å². The topological polar surface area (TPSA) is 55.4 Å². The molecule has 120 valence electrons. The molecule has 0 aliphatic rings. The van der Waals surface area contributed by atoms with Gasteiger partial charge in [0.25, 0.3) is 5.91 Å². The number of halogens is 3. The number of carbonyl (C=O) groups is 2. The smallest absolute Gasteiger partial charge is 0.325 e. The first-order chi connectivity index (χ1) is 11.0. The van der Waals surface area contributed by atoms with Gasteiger partial charge >= 0.3 is 5.97 Å². The fourth-order valence-electron chi connectivity index (χ4n) is 1.70. The van der Waals surface area contributed by atoms with Gasteiger partial charge in [-0.25, -0.2) is 0 Å². The summed E-state index contributed by atoms with van der Waals surface area (Å²) in [6, 6.07) is 11.3. The van der Waals surface area contributed by atoms with Crippen LogP contribution in [0.25, 0.3) is 0 Å². The van der Waals surface area contributed by atoms with Gasteiger partial charge < -0.3 is 10.1 Å². The number of ether oxygens (including phenoxy) is 1. The van der Waals surface area contributed by atoms with Crippen molar-refractivity contribution in [2.45, 2.75) is 6.61 Å². The summed E-state index contributed by atoms with van der Waals surface area (Å²) in [5, 5.41) is 3.81. The van der Waals surface area contributed by atoms with Crippen LogP contribution < -0.4 is 5.32 Å². The Kier molecular flexibility index (Phi) is 6.28. The summed E-state index contributed by atoms with van der Waals surface area (Å²) in [6.07, 6.45) is 0. The Bertz CT molecular complexity index is 717. The molecule has 0 aliphatic heterocycles. The number of nitrogens with one attached hydrogen (secondary N) is 1. The first-order valence-corrected chi connectivity index (χ1v) is 7.72. The third-order valence-corrected chi connectivity index (χ3v) is 3.87. The molecule has 1 amide bonds. The van der Waals surface area contributed by atoms with Crippen LogP contribution >= 0.6 is 34.8 Å². The van der Waals surface area contributed by atoms with Gasteiger partial charge in [0.1, 0.15) is 13.2 Å². The van der Waals surface area contributed by atoms with Crippen LogP contribution in [0.15, 0.2) is 42.5 Å². The lowest BCUT2D eigenvalue weighted by Gasteiger charge is -2.07. The van der Waals surface area contributed by atoms with Crippen molar-refractivity contribution in [3.05, 3.63) is 68.7 Å². The van der Waals surface area contributed by atoms with Crippen LogP contribution in [0.2, 0.25) is 15.1 Å². The average molecular weight is 373 g/mol. The van der Waals surface area contributed by atoms with Crippen molar-refractivity contribution in [1.29, 1.82) is 0 Å². The van der Waals surface area contributed by atoms with E-state index in [1.54, 1.807) is 42.5 Å². The van der Waals surface area contributed by atoms with E-state index in [9.17, 15) is 9.59 Å². The summed E-state index contributed by atoms with van der Waals surface area (Å²) < 4.78 is 5.05. The Morgan fingerprint density at radius 3 is 2.30 bits per heavy atom. The summed E-state index contributed by atoms with van der Waals surface area (Å²) in [7, 11) is 0. The first-order valence-electron chi connectivity index (χ1n) is 6.59. The van der Waals surface area contributed by atoms with E-state index in [4.69, 9.17) is 39.5 Å². The average Bonchev–Trinajstić information content (AvgIpc) is 2.54. The van der Waals surface area contributed by atoms with Crippen molar-refractivity contribution in [2.24, 2.45) is 0 Å². The molecule has 1 N–H and O–H groups in total. The largest absolute Gasteiger partial charge is 0.460 e. The van der Waals surface area contributed by atoms with Crippen molar-refractivity contribution in [3.8, 4) is 0 Å². The molecule has 0 atom stereocenters. The number of benzene rings is 2. The molecular weight excluding hydrogens is 361 g/mol. The normalized spacial score (nSPS) is 10.2. The van der Waals surface area contributed by atoms with E-state index in [1.165, 1.54) is 0 Å². The van der Waals surface area contributed by atoms with E-state index in [-0.39, 0.29) is 19.1 Å². The van der Waals surface area contributed by atoms with Crippen molar-refractivity contribution in [3.63, 3.8) is 0 Å². The number of hydrogen-bond acceptors (Lipinski definition) is 3. The Balaban J connectivity index is 1.79. The summed E-state index contributed by atoms with van der Waals surface area (Å²) in [5.74, 6) is -0.938. The zero-order valence-electron chi connectivity index (χ0n) is 11.8. The van der Waals surface area contributed by atoms with E-state index in [2.05, 4.69) is 5.32 Å². The van der Waals surface area contributed by atoms with Crippen molar-refractivity contribution >= 4 is 46.7 Å². The second-order valence-electron chi connectivity index (χ2n) is 4.60. The maximum absolute atomic E-state index is 11.8. The first kappa shape index (κ1) is 17.6. The molecule has 23 heavy (non-hydrogen) atoms. The molecule has 0 bridgehead atoms. The SMILES string of the molecule is O=C(CNC(=O)c1ccc(Cl)cc1)OCc1ccc(Cl)c(Cl)c1. The lowest BCUT2D eigenvalue weighted by Crippen LogP contribution is -2.30. The van der Waals surface area contributed by atoms with Gasteiger partial charge in [0.2, 0.25) is 0 Å². The predicted octanol–water partition coefficient (Wildman–Crippen LogP) is 4.12. The third kappa shape index (κ3) is 5.43. The minimum absolute atomic E-state index is 0.0482. The fourth-order valence-corrected chi connectivity index (χ4v) is 2.15. The van der Waals surface area contributed by atoms with Gasteiger partial charge in [0, 0.05) is 10.6 Å². The predicted molar refractivity (Wildman–Crippen MR) is 90.0 cm³/mol. The molecule has 0 saturated carbocycles. The van der Waals surface area contributed by atoms with E-state index >= 15 is 0 Å². The lowest BCUT2D eigenvalue weighted by molar-refractivity contribution is -0.143. The Hall–Kier alpha value is -1.75. The molecule has 0 heterocycles. The highest BCUT2D eigenvalue weighted by atomic mass is 35.5. The summed E-state index contributed by atoms with van der Waals surface area (Å²) in [5.41, 5.74) is 1.11. The Morgan fingerprint density at radius 1 is 0.957 bits per heavy atom. The van der Waals surface area contributed by atoms with Gasteiger partial charge in [0.05, 0.1) is 10.0 Å². The molecule has 0 aliphatic carbocycles. The van der Waals surface area contributed by atoms with Crippen LogP contribution in [-0.2, 0) is 16.1 Å². The van der Waals surface area contributed by atoms with Gasteiger partial charge in [-0.15, -0.1) is 0 Å². The van der Waals surface area contributed by atoms with Gasteiger partial charge in [-0.1, -0.05) is 40.9 Å². The number of hydrogen-bond donors (Lipinski definition) is 1. The van der Waals surface area contributed by atoms with Crippen LogP contribution in [0.3, 0.4) is 0 Å². The van der Waals surface area contributed by atoms with E-state index in [0.29, 0.717) is 26.2 Å². The molecule has 4 nitrogen and oxygen atoms in total. The quantitative estimate of drug-likeness (QED) is 0.803. The van der Waals surface area contributed by atoms with E-state index in [1.807, 2.05) is 0 Å². The third-order valence-electron chi connectivity index (χ3n) is 2.88. The highest BCUT2D eigenvalue weighted by Gasteiger charge is 2.09. The molecule has 2 aromatic carbocycles. The molecule has 2 aromatic rings. The van der Waals surface area contributed by atoms with Crippen molar-refractivity contribution < 1.29 is 14.3 Å². The second kappa shape index (κ2) is 8.20. The lowest BCUT2D eigenvalue weighted by atomic mass is 10.2. The van der Waals surface area contributed by atoms with E-state index in [0.717, 1.165) is 0 Å². The van der Waals surface area contributed by atoms with Gasteiger partial charge in [0.15, 0.2) is 0 Å². The fraction of sp³-hybridized carbons (Fsp3) is 0.125. The number of amides is 1. The number of esters is 1. The second-order valence-corrected chi connectivity index (χ2v) is 5.85. The standard InChI is InChI=1S/C16H12Cl3NO3/c17-12-4-2-11(3-5-12)16(22)20-8-15(21)23-9-10-1-6-13(18)14(19)7-10/h1-7H,8-9H2,(H,20,22). The summed E-state index contributed by atoms with van der Waals surface area (Å²) >= 11 is 17.4. The van der Waals surface area contributed by atoms with Gasteiger partial charge in [-0.05, 0) is 42.0 Å². The van der Waals surface area contributed by atoms with Crippen LogP contribution in [0.1, 0.15) is 15.9 Å².